The summed E-state index contributed by atoms with van der Waals surface area (Å²) in [5.41, 5.74) is 2.87. The first-order valence-corrected chi connectivity index (χ1v) is 12.8. The van der Waals surface area contributed by atoms with E-state index in [0.717, 1.165) is 42.8 Å². The van der Waals surface area contributed by atoms with Crippen LogP contribution in [0, 0.1) is 13.8 Å². The van der Waals surface area contributed by atoms with Crippen molar-refractivity contribution >= 4 is 15.9 Å². The summed E-state index contributed by atoms with van der Waals surface area (Å²) in [7, 11) is -3.64. The maximum absolute atomic E-state index is 13.3. The lowest BCUT2D eigenvalue weighted by molar-refractivity contribution is 0.0950. The van der Waals surface area contributed by atoms with Gasteiger partial charge in [-0.25, -0.2) is 13.4 Å². The van der Waals surface area contributed by atoms with Crippen molar-refractivity contribution in [2.24, 2.45) is 0 Å². The van der Waals surface area contributed by atoms with Crippen LogP contribution in [-0.4, -0.2) is 41.3 Å². The predicted molar refractivity (Wildman–Crippen MR) is 128 cm³/mol. The van der Waals surface area contributed by atoms with Crippen molar-refractivity contribution in [2.45, 2.75) is 51.0 Å². The first-order valence-electron chi connectivity index (χ1n) is 11.3. The molecular weight excluding hydrogens is 436 g/mol. The van der Waals surface area contributed by atoms with Gasteiger partial charge in [-0.15, -0.1) is 0 Å². The Hall–Kier alpha value is -2.97. The molecule has 1 aliphatic heterocycles. The smallest absolute Gasteiger partial charge is 0.251 e. The molecule has 7 nitrogen and oxygen atoms in total. The normalized spacial score (nSPS) is 15.2. The van der Waals surface area contributed by atoms with Gasteiger partial charge in [0.1, 0.15) is 5.82 Å². The van der Waals surface area contributed by atoms with Crippen molar-refractivity contribution in [1.29, 1.82) is 0 Å². The van der Waals surface area contributed by atoms with E-state index in [1.54, 1.807) is 29.6 Å². The van der Waals surface area contributed by atoms with Gasteiger partial charge >= 0.3 is 0 Å². The zero-order valence-electron chi connectivity index (χ0n) is 19.1. The second-order valence-corrected chi connectivity index (χ2v) is 10.4. The Bertz CT molecular complexity index is 1240. The third kappa shape index (κ3) is 5.02. The second-order valence-electron chi connectivity index (χ2n) is 8.45. The summed E-state index contributed by atoms with van der Waals surface area (Å²) < 4.78 is 30.2. The minimum atomic E-state index is -3.64. The molecule has 2 aromatic carbocycles. The van der Waals surface area contributed by atoms with Gasteiger partial charge in [0.2, 0.25) is 10.0 Å². The molecule has 0 atom stereocenters. The molecular formula is C25H30N4O3S. The number of aromatic nitrogens is 2. The molecule has 1 amide bonds. The van der Waals surface area contributed by atoms with E-state index in [-0.39, 0.29) is 10.8 Å². The van der Waals surface area contributed by atoms with E-state index in [1.807, 2.05) is 42.0 Å². The first kappa shape index (κ1) is 23.2. The van der Waals surface area contributed by atoms with Gasteiger partial charge in [0.15, 0.2) is 0 Å². The topological polar surface area (TPSA) is 84.3 Å². The molecule has 0 saturated carbocycles. The molecule has 0 radical (unpaired) electrons. The lowest BCUT2D eigenvalue weighted by Crippen LogP contribution is -2.32. The molecule has 174 valence electrons. The number of nitrogens with one attached hydrogen (secondary N) is 1. The summed E-state index contributed by atoms with van der Waals surface area (Å²) in [5.74, 6) is 0.551. The van der Waals surface area contributed by atoms with Crippen LogP contribution < -0.4 is 5.32 Å². The number of imidazole rings is 1. The highest BCUT2D eigenvalue weighted by atomic mass is 32.2. The molecule has 0 bridgehead atoms. The summed E-state index contributed by atoms with van der Waals surface area (Å²) in [6, 6.07) is 12.7. The van der Waals surface area contributed by atoms with Crippen LogP contribution in [0.4, 0.5) is 0 Å². The maximum atomic E-state index is 13.3. The number of hydrogen-bond donors (Lipinski definition) is 1. The highest BCUT2D eigenvalue weighted by Gasteiger charge is 2.27. The fourth-order valence-corrected chi connectivity index (χ4v) is 6.01. The Morgan fingerprint density at radius 2 is 1.76 bits per heavy atom. The van der Waals surface area contributed by atoms with E-state index < -0.39 is 10.0 Å². The van der Waals surface area contributed by atoms with Crippen LogP contribution in [0.2, 0.25) is 0 Å². The molecule has 0 spiro atoms. The van der Waals surface area contributed by atoms with Crippen LogP contribution >= 0.6 is 0 Å². The standard InChI is InChI=1S/C25H30N4O3S/c1-19-11-12-21(17-24(19)33(31,32)28-14-7-3-4-8-15-28)25(30)27-18-22-9-5-6-10-23(22)29-16-13-26-20(29)2/h5-6,9-13,16-17H,3-4,7-8,14-15,18H2,1-2H3,(H,27,30). The molecule has 8 heteroatoms. The van der Waals surface area contributed by atoms with E-state index >= 15 is 0 Å². The maximum Gasteiger partial charge on any atom is 0.251 e. The Kier molecular flexibility index (Phi) is 6.95. The summed E-state index contributed by atoms with van der Waals surface area (Å²) in [6.45, 7) is 5.07. The Labute approximate surface area is 195 Å². The van der Waals surface area contributed by atoms with Crippen molar-refractivity contribution in [1.82, 2.24) is 19.2 Å². The number of nitrogens with zero attached hydrogens (tertiary/aromatic N) is 3. The Morgan fingerprint density at radius 3 is 2.45 bits per heavy atom. The summed E-state index contributed by atoms with van der Waals surface area (Å²) in [4.78, 5) is 17.5. The SMILES string of the molecule is Cc1ccc(C(=O)NCc2ccccc2-n2ccnc2C)cc1S(=O)(=O)N1CCCCCC1. The number of rotatable bonds is 6. The van der Waals surface area contributed by atoms with Crippen molar-refractivity contribution in [3.63, 3.8) is 0 Å². The van der Waals surface area contributed by atoms with Crippen molar-refractivity contribution in [3.8, 4) is 5.69 Å². The number of benzene rings is 2. The van der Waals surface area contributed by atoms with Gasteiger partial charge < -0.3 is 9.88 Å². The molecule has 1 saturated heterocycles. The zero-order chi connectivity index (χ0) is 23.4. The third-order valence-electron chi connectivity index (χ3n) is 6.15. The molecule has 33 heavy (non-hydrogen) atoms. The monoisotopic (exact) mass is 466 g/mol. The summed E-state index contributed by atoms with van der Waals surface area (Å²) in [6.07, 6.45) is 7.46. The minimum absolute atomic E-state index is 0.214. The van der Waals surface area contributed by atoms with Gasteiger partial charge in [-0.05, 0) is 56.0 Å². The minimum Gasteiger partial charge on any atom is -0.348 e. The molecule has 4 rings (SSSR count). The molecule has 1 aromatic heterocycles. The van der Waals surface area contributed by atoms with Crippen molar-refractivity contribution in [2.75, 3.05) is 13.1 Å². The number of carbonyl (C=O) groups is 1. The van der Waals surface area contributed by atoms with Crippen LogP contribution in [0.3, 0.4) is 0 Å². The Morgan fingerprint density at radius 1 is 1.03 bits per heavy atom. The first-order chi connectivity index (χ1) is 15.9. The number of para-hydroxylation sites is 1. The molecule has 0 unspecified atom stereocenters. The quantitative estimate of drug-likeness (QED) is 0.595. The highest BCUT2D eigenvalue weighted by Crippen LogP contribution is 2.24. The van der Waals surface area contributed by atoms with Crippen LogP contribution in [0.5, 0.6) is 0 Å². The van der Waals surface area contributed by atoms with Crippen LogP contribution in [0.1, 0.15) is 53.0 Å². The van der Waals surface area contributed by atoms with Crippen molar-refractivity contribution in [3.05, 3.63) is 77.4 Å². The fraction of sp³-hybridized carbons (Fsp3) is 0.360. The van der Waals surface area contributed by atoms with Crippen LogP contribution in [-0.2, 0) is 16.6 Å². The molecule has 1 N–H and O–H groups in total. The lowest BCUT2D eigenvalue weighted by Gasteiger charge is -2.21. The summed E-state index contributed by atoms with van der Waals surface area (Å²) in [5, 5.41) is 2.94. The number of hydrogen-bond acceptors (Lipinski definition) is 4. The van der Waals surface area contributed by atoms with E-state index in [9.17, 15) is 13.2 Å². The van der Waals surface area contributed by atoms with Gasteiger partial charge in [-0.1, -0.05) is 37.1 Å². The van der Waals surface area contributed by atoms with Crippen molar-refractivity contribution < 1.29 is 13.2 Å². The van der Waals surface area contributed by atoms with Gasteiger partial charge in [0.25, 0.3) is 5.91 Å². The van der Waals surface area contributed by atoms with E-state index in [0.29, 0.717) is 30.8 Å². The average Bonchev–Trinajstić information content (AvgIpc) is 3.05. The number of carbonyl (C=O) groups excluding carboxylic acids is 1. The van der Waals surface area contributed by atoms with E-state index in [4.69, 9.17) is 0 Å². The molecule has 2 heterocycles. The molecule has 1 aliphatic rings. The second kappa shape index (κ2) is 9.89. The van der Waals surface area contributed by atoms with E-state index in [1.165, 1.54) is 6.07 Å². The average molecular weight is 467 g/mol. The molecule has 3 aromatic rings. The van der Waals surface area contributed by atoms with Crippen LogP contribution in [0.25, 0.3) is 5.69 Å². The zero-order valence-corrected chi connectivity index (χ0v) is 19.9. The van der Waals surface area contributed by atoms with Crippen LogP contribution in [0.15, 0.2) is 59.8 Å². The highest BCUT2D eigenvalue weighted by molar-refractivity contribution is 7.89. The van der Waals surface area contributed by atoms with Gasteiger partial charge in [-0.3, -0.25) is 4.79 Å². The predicted octanol–water partition coefficient (Wildman–Crippen LogP) is 3.98. The number of sulfonamides is 1. The Balaban J connectivity index is 1.54. The van der Waals surface area contributed by atoms with Gasteiger partial charge in [0, 0.05) is 37.6 Å². The molecule has 1 fully saturated rings. The third-order valence-corrected chi connectivity index (χ3v) is 8.19. The lowest BCUT2D eigenvalue weighted by atomic mass is 10.1. The van der Waals surface area contributed by atoms with Gasteiger partial charge in [-0.2, -0.15) is 4.31 Å². The molecule has 0 aliphatic carbocycles. The number of amides is 1. The fourth-order valence-electron chi connectivity index (χ4n) is 4.25. The van der Waals surface area contributed by atoms with Gasteiger partial charge in [0.05, 0.1) is 10.6 Å². The largest absolute Gasteiger partial charge is 0.348 e. The summed E-state index contributed by atoms with van der Waals surface area (Å²) >= 11 is 0. The number of aryl methyl sites for hydroxylation is 2. The van der Waals surface area contributed by atoms with E-state index in [2.05, 4.69) is 10.3 Å².